The van der Waals surface area contributed by atoms with E-state index >= 15 is 0 Å². The van der Waals surface area contributed by atoms with Gasteiger partial charge in [-0.25, -0.2) is 9.07 Å². The van der Waals surface area contributed by atoms with Crippen LogP contribution in [0, 0.1) is 15.9 Å². The predicted octanol–water partition coefficient (Wildman–Crippen LogP) is 5.06. The summed E-state index contributed by atoms with van der Waals surface area (Å²) >= 11 is 0. The van der Waals surface area contributed by atoms with Gasteiger partial charge in [0.2, 0.25) is 0 Å². The summed E-state index contributed by atoms with van der Waals surface area (Å²) in [5.41, 5.74) is 2.42. The molecule has 0 saturated carbocycles. The van der Waals surface area contributed by atoms with E-state index in [0.29, 0.717) is 24.5 Å². The third kappa shape index (κ3) is 5.52. The van der Waals surface area contributed by atoms with Crippen molar-refractivity contribution in [1.29, 1.82) is 0 Å². The third-order valence-electron chi connectivity index (χ3n) is 6.52. The Morgan fingerprint density at radius 2 is 1.63 bits per heavy atom. The molecule has 1 aliphatic heterocycles. The molecule has 0 radical (unpaired) electrons. The first kappa shape index (κ1) is 25.0. The third-order valence-corrected chi connectivity index (χ3v) is 6.52. The highest BCUT2D eigenvalue weighted by molar-refractivity contribution is 5.94. The van der Waals surface area contributed by atoms with Crippen LogP contribution in [0.1, 0.15) is 16.1 Å². The summed E-state index contributed by atoms with van der Waals surface area (Å²) < 4.78 is 16.0. The van der Waals surface area contributed by atoms with Crippen molar-refractivity contribution in [3.8, 4) is 16.9 Å². The van der Waals surface area contributed by atoms with E-state index in [2.05, 4.69) is 34.3 Å². The second-order valence-electron chi connectivity index (χ2n) is 8.99. The number of nitrogens with zero attached hydrogens (tertiary/aromatic N) is 5. The van der Waals surface area contributed by atoms with Gasteiger partial charge in [0.15, 0.2) is 0 Å². The van der Waals surface area contributed by atoms with E-state index in [4.69, 9.17) is 0 Å². The fourth-order valence-corrected chi connectivity index (χ4v) is 4.44. The van der Waals surface area contributed by atoms with E-state index in [0.717, 1.165) is 25.2 Å². The maximum atomic E-state index is 14.5. The first-order valence-electron chi connectivity index (χ1n) is 12.3. The molecule has 4 aromatic rings. The Morgan fingerprint density at radius 3 is 2.32 bits per heavy atom. The van der Waals surface area contributed by atoms with E-state index in [1.54, 1.807) is 29.2 Å². The molecule has 1 aromatic heterocycles. The van der Waals surface area contributed by atoms with Gasteiger partial charge in [-0.15, -0.1) is 0 Å². The summed E-state index contributed by atoms with van der Waals surface area (Å²) in [5.74, 6) is -0.671. The fraction of sp³-hybridized carbons (Fsp3) is 0.172. The van der Waals surface area contributed by atoms with Crippen LogP contribution in [0.5, 0.6) is 0 Å². The number of carbonyl (C=O) groups is 1. The van der Waals surface area contributed by atoms with Crippen molar-refractivity contribution in [2.45, 2.75) is 0 Å². The van der Waals surface area contributed by atoms with E-state index in [1.165, 1.54) is 35.0 Å². The summed E-state index contributed by atoms with van der Waals surface area (Å²) in [4.78, 5) is 28.3. The Labute approximate surface area is 219 Å². The lowest BCUT2D eigenvalue weighted by Gasteiger charge is -2.34. The number of carbonyl (C=O) groups excluding carboxylic acids is 1. The van der Waals surface area contributed by atoms with Gasteiger partial charge < -0.3 is 4.90 Å². The minimum Gasteiger partial charge on any atom is -0.335 e. The van der Waals surface area contributed by atoms with Crippen LogP contribution >= 0.6 is 0 Å². The van der Waals surface area contributed by atoms with Crippen molar-refractivity contribution in [3.05, 3.63) is 118 Å². The SMILES string of the molecule is O=C(c1cc(-c2ccccc2F)nn1-c1ccc([N+](=O)[O-])cc1)N1CCN(CC=Cc2ccccc2)CC1. The Bertz CT molecular complexity index is 1460. The smallest absolute Gasteiger partial charge is 0.272 e. The van der Waals surface area contributed by atoms with Gasteiger partial charge in [-0.3, -0.25) is 19.8 Å². The maximum Gasteiger partial charge on any atom is 0.272 e. The zero-order chi connectivity index (χ0) is 26.5. The second kappa shape index (κ2) is 11.2. The molecule has 0 bridgehead atoms. The first-order valence-corrected chi connectivity index (χ1v) is 12.3. The van der Waals surface area contributed by atoms with Crippen LogP contribution < -0.4 is 0 Å². The number of hydrogen-bond donors (Lipinski definition) is 0. The van der Waals surface area contributed by atoms with Gasteiger partial charge >= 0.3 is 0 Å². The van der Waals surface area contributed by atoms with Crippen molar-refractivity contribution in [2.24, 2.45) is 0 Å². The molecule has 0 unspecified atom stereocenters. The monoisotopic (exact) mass is 511 g/mol. The maximum absolute atomic E-state index is 14.5. The highest BCUT2D eigenvalue weighted by atomic mass is 19.1. The summed E-state index contributed by atoms with van der Waals surface area (Å²) in [7, 11) is 0. The molecule has 0 atom stereocenters. The minimum atomic E-state index is -0.488. The largest absolute Gasteiger partial charge is 0.335 e. The van der Waals surface area contributed by atoms with Crippen LogP contribution in [0.15, 0.2) is 91.0 Å². The molecule has 5 rings (SSSR count). The van der Waals surface area contributed by atoms with Gasteiger partial charge in [-0.2, -0.15) is 5.10 Å². The molecule has 1 amide bonds. The Hall–Kier alpha value is -4.63. The first-order chi connectivity index (χ1) is 18.5. The van der Waals surface area contributed by atoms with Crippen LogP contribution in [0.25, 0.3) is 23.0 Å². The number of amides is 1. The van der Waals surface area contributed by atoms with E-state index in [-0.39, 0.29) is 22.9 Å². The number of non-ortho nitro benzene ring substituents is 1. The number of nitro groups is 1. The van der Waals surface area contributed by atoms with E-state index < -0.39 is 10.7 Å². The van der Waals surface area contributed by atoms with Gasteiger partial charge in [0.05, 0.1) is 16.3 Å². The average Bonchev–Trinajstić information content (AvgIpc) is 3.39. The summed E-state index contributed by atoms with van der Waals surface area (Å²) in [5, 5.41) is 15.6. The van der Waals surface area contributed by atoms with Crippen molar-refractivity contribution in [3.63, 3.8) is 0 Å². The molecular weight excluding hydrogens is 485 g/mol. The lowest BCUT2D eigenvalue weighted by atomic mass is 10.1. The van der Waals surface area contributed by atoms with Gasteiger partial charge in [0, 0.05) is 50.4 Å². The van der Waals surface area contributed by atoms with E-state index in [9.17, 15) is 19.3 Å². The molecular formula is C29H26FN5O3. The molecule has 0 aliphatic carbocycles. The van der Waals surface area contributed by atoms with Gasteiger partial charge in [0.25, 0.3) is 11.6 Å². The summed E-state index contributed by atoms with van der Waals surface area (Å²) in [6, 6.07) is 23.7. The highest BCUT2D eigenvalue weighted by Crippen LogP contribution is 2.26. The normalized spacial score (nSPS) is 14.2. The molecule has 2 heterocycles. The second-order valence-corrected chi connectivity index (χ2v) is 8.99. The molecule has 8 nitrogen and oxygen atoms in total. The minimum absolute atomic E-state index is 0.0689. The Morgan fingerprint density at radius 1 is 0.947 bits per heavy atom. The molecule has 1 saturated heterocycles. The lowest BCUT2D eigenvalue weighted by molar-refractivity contribution is -0.384. The Kier molecular flexibility index (Phi) is 7.37. The van der Waals surface area contributed by atoms with Crippen LogP contribution in [0.2, 0.25) is 0 Å². The van der Waals surface area contributed by atoms with Crippen molar-refractivity contribution < 1.29 is 14.1 Å². The predicted molar refractivity (Wildman–Crippen MR) is 143 cm³/mol. The number of benzene rings is 3. The molecule has 0 N–H and O–H groups in total. The van der Waals surface area contributed by atoms with Crippen molar-refractivity contribution >= 4 is 17.7 Å². The summed E-state index contributed by atoms with van der Waals surface area (Å²) in [6.45, 7) is 3.31. The quantitative estimate of drug-likeness (QED) is 0.256. The molecule has 38 heavy (non-hydrogen) atoms. The van der Waals surface area contributed by atoms with Gasteiger partial charge in [-0.05, 0) is 35.9 Å². The standard InChI is InChI=1S/C29H26FN5O3/c30-26-11-5-4-10-25(26)27-21-28(34(31-27)23-12-14-24(15-13-23)35(37)38)29(36)33-19-17-32(18-20-33)16-6-9-22-7-2-1-3-8-22/h1-15,21H,16-20H2. The van der Waals surface area contributed by atoms with Gasteiger partial charge in [0.1, 0.15) is 11.5 Å². The molecule has 0 spiro atoms. The molecule has 1 fully saturated rings. The lowest BCUT2D eigenvalue weighted by Crippen LogP contribution is -2.49. The number of piperazine rings is 1. The topological polar surface area (TPSA) is 84.5 Å². The van der Waals surface area contributed by atoms with E-state index in [1.807, 2.05) is 18.2 Å². The molecule has 1 aliphatic rings. The van der Waals surface area contributed by atoms with Crippen molar-refractivity contribution in [1.82, 2.24) is 19.6 Å². The van der Waals surface area contributed by atoms with Crippen LogP contribution in [0.4, 0.5) is 10.1 Å². The number of aromatic nitrogens is 2. The van der Waals surface area contributed by atoms with Crippen LogP contribution in [-0.2, 0) is 0 Å². The zero-order valence-corrected chi connectivity index (χ0v) is 20.6. The Balaban J connectivity index is 1.35. The molecule has 3 aromatic carbocycles. The number of hydrogen-bond acceptors (Lipinski definition) is 5. The average molecular weight is 512 g/mol. The van der Waals surface area contributed by atoms with Gasteiger partial charge in [-0.1, -0.05) is 54.6 Å². The number of halogens is 1. The van der Waals surface area contributed by atoms with Crippen LogP contribution in [-0.4, -0.2) is 63.1 Å². The number of rotatable bonds is 7. The molecule has 9 heteroatoms. The zero-order valence-electron chi connectivity index (χ0n) is 20.6. The number of nitro benzene ring substituents is 1. The van der Waals surface area contributed by atoms with Crippen LogP contribution in [0.3, 0.4) is 0 Å². The molecule has 192 valence electrons. The highest BCUT2D eigenvalue weighted by Gasteiger charge is 2.26. The van der Waals surface area contributed by atoms with Crippen molar-refractivity contribution in [2.75, 3.05) is 32.7 Å². The summed E-state index contributed by atoms with van der Waals surface area (Å²) in [6.07, 6.45) is 4.21. The fourth-order valence-electron chi connectivity index (χ4n) is 4.44.